The van der Waals surface area contributed by atoms with E-state index in [1.165, 1.54) is 29.2 Å². The molecule has 116 valence electrons. The number of aldehydes is 1. The smallest absolute Gasteiger partial charge is 0.411 e. The number of halogens is 1. The number of ether oxygens (including phenoxy) is 1. The molecule has 0 N–H and O–H groups in total. The van der Waals surface area contributed by atoms with Crippen LogP contribution in [0.2, 0.25) is 0 Å². The molecule has 0 aliphatic rings. The molecule has 1 rings (SSSR count). The molecule has 0 aromatic heterocycles. The maximum Gasteiger partial charge on any atom is 0.411 e. The fraction of sp³-hybridized carbons (Fsp3) is 0.500. The van der Waals surface area contributed by atoms with E-state index in [4.69, 9.17) is 4.74 Å². The van der Waals surface area contributed by atoms with E-state index in [2.05, 4.69) is 0 Å². The minimum absolute atomic E-state index is 0.385. The van der Waals surface area contributed by atoms with E-state index in [1.54, 1.807) is 20.8 Å². The van der Waals surface area contributed by atoms with Crippen molar-refractivity contribution in [3.8, 4) is 0 Å². The molecule has 1 atom stereocenters. The summed E-state index contributed by atoms with van der Waals surface area (Å²) in [5, 5.41) is 0. The van der Waals surface area contributed by atoms with E-state index < -0.39 is 17.7 Å². The molecule has 0 heterocycles. The second-order valence-electron chi connectivity index (χ2n) is 5.81. The van der Waals surface area contributed by atoms with Crippen LogP contribution in [-0.2, 0) is 9.53 Å². The van der Waals surface area contributed by atoms with Gasteiger partial charge in [-0.3, -0.25) is 4.90 Å². The molecule has 1 amide bonds. The SMILES string of the molecule is CCCN(C(=O)OC(C)(C)C)C(C=O)c1ccc(F)cc1. The third kappa shape index (κ3) is 5.17. The Labute approximate surface area is 124 Å². The molecular formula is C16H22FNO3. The van der Waals surface area contributed by atoms with Gasteiger partial charge in [0, 0.05) is 6.54 Å². The number of rotatable bonds is 5. The zero-order valence-electron chi connectivity index (χ0n) is 12.9. The van der Waals surface area contributed by atoms with Crippen LogP contribution < -0.4 is 0 Å². The molecule has 0 fully saturated rings. The standard InChI is InChI=1S/C16H22FNO3/c1-5-10-18(15(20)21-16(2,3)4)14(11-19)12-6-8-13(17)9-7-12/h6-9,11,14H,5,10H2,1-4H3. The van der Waals surface area contributed by atoms with Crippen molar-refractivity contribution >= 4 is 12.4 Å². The Hall–Kier alpha value is -1.91. The van der Waals surface area contributed by atoms with Crippen molar-refractivity contribution in [2.45, 2.75) is 45.8 Å². The summed E-state index contributed by atoms with van der Waals surface area (Å²) in [4.78, 5) is 25.1. The summed E-state index contributed by atoms with van der Waals surface area (Å²) in [6, 6.07) is 4.76. The maximum absolute atomic E-state index is 13.0. The molecule has 1 aromatic carbocycles. The molecule has 1 aromatic rings. The van der Waals surface area contributed by atoms with Gasteiger partial charge in [-0.2, -0.15) is 0 Å². The molecule has 21 heavy (non-hydrogen) atoms. The molecule has 0 radical (unpaired) electrons. The number of hydrogen-bond donors (Lipinski definition) is 0. The average molecular weight is 295 g/mol. The quantitative estimate of drug-likeness (QED) is 0.778. The van der Waals surface area contributed by atoms with Gasteiger partial charge >= 0.3 is 6.09 Å². The normalized spacial score (nSPS) is 12.6. The summed E-state index contributed by atoms with van der Waals surface area (Å²) in [5.74, 6) is -0.386. The van der Waals surface area contributed by atoms with Gasteiger partial charge in [-0.15, -0.1) is 0 Å². The van der Waals surface area contributed by atoms with E-state index in [9.17, 15) is 14.0 Å². The van der Waals surface area contributed by atoms with Crippen LogP contribution >= 0.6 is 0 Å². The zero-order valence-corrected chi connectivity index (χ0v) is 12.9. The molecule has 0 saturated heterocycles. The van der Waals surface area contributed by atoms with Crippen LogP contribution in [0.3, 0.4) is 0 Å². The molecule has 0 bridgehead atoms. The molecule has 0 spiro atoms. The van der Waals surface area contributed by atoms with Gasteiger partial charge in [0.1, 0.15) is 23.7 Å². The maximum atomic E-state index is 13.0. The lowest BCUT2D eigenvalue weighted by molar-refractivity contribution is -0.112. The van der Waals surface area contributed by atoms with Gasteiger partial charge in [-0.05, 0) is 44.9 Å². The zero-order chi connectivity index (χ0) is 16.0. The van der Waals surface area contributed by atoms with E-state index in [-0.39, 0.29) is 5.82 Å². The number of carbonyl (C=O) groups is 2. The number of nitrogens with zero attached hydrogens (tertiary/aromatic N) is 1. The van der Waals surface area contributed by atoms with Gasteiger partial charge in [0.25, 0.3) is 0 Å². The Kier molecular flexibility index (Phi) is 5.88. The molecule has 1 unspecified atom stereocenters. The van der Waals surface area contributed by atoms with Crippen molar-refractivity contribution in [2.75, 3.05) is 6.54 Å². The fourth-order valence-electron chi connectivity index (χ4n) is 1.90. The summed E-state index contributed by atoms with van der Waals surface area (Å²) >= 11 is 0. The van der Waals surface area contributed by atoms with Crippen LogP contribution in [0.25, 0.3) is 0 Å². The Bertz CT molecular complexity index is 479. The Balaban J connectivity index is 3.02. The van der Waals surface area contributed by atoms with Gasteiger partial charge in [0.15, 0.2) is 0 Å². The highest BCUT2D eigenvalue weighted by atomic mass is 19.1. The van der Waals surface area contributed by atoms with Crippen LogP contribution in [0.15, 0.2) is 24.3 Å². The van der Waals surface area contributed by atoms with Crippen LogP contribution in [-0.4, -0.2) is 29.4 Å². The minimum Gasteiger partial charge on any atom is -0.444 e. The Morgan fingerprint density at radius 3 is 2.33 bits per heavy atom. The molecular weight excluding hydrogens is 273 g/mol. The third-order valence-corrected chi connectivity index (χ3v) is 2.77. The van der Waals surface area contributed by atoms with Crippen molar-refractivity contribution < 1.29 is 18.7 Å². The van der Waals surface area contributed by atoms with Crippen molar-refractivity contribution in [1.29, 1.82) is 0 Å². The Morgan fingerprint density at radius 2 is 1.90 bits per heavy atom. The van der Waals surface area contributed by atoms with Crippen LogP contribution in [0.1, 0.15) is 45.7 Å². The van der Waals surface area contributed by atoms with Crippen LogP contribution in [0, 0.1) is 5.82 Å². The van der Waals surface area contributed by atoms with Crippen molar-refractivity contribution in [3.05, 3.63) is 35.6 Å². The lowest BCUT2D eigenvalue weighted by atomic mass is 10.1. The number of benzene rings is 1. The first-order valence-electron chi connectivity index (χ1n) is 6.99. The highest BCUT2D eigenvalue weighted by Crippen LogP contribution is 2.22. The van der Waals surface area contributed by atoms with E-state index in [1.807, 2.05) is 6.92 Å². The van der Waals surface area contributed by atoms with Gasteiger partial charge in [-0.1, -0.05) is 19.1 Å². The predicted octanol–water partition coefficient (Wildman–Crippen LogP) is 3.71. The summed E-state index contributed by atoms with van der Waals surface area (Å²) in [6.07, 6.45) is 0.809. The number of amides is 1. The van der Waals surface area contributed by atoms with Gasteiger partial charge in [0.05, 0.1) is 0 Å². The topological polar surface area (TPSA) is 46.6 Å². The first kappa shape index (κ1) is 17.1. The fourth-order valence-corrected chi connectivity index (χ4v) is 1.90. The van der Waals surface area contributed by atoms with Crippen molar-refractivity contribution in [2.24, 2.45) is 0 Å². The Morgan fingerprint density at radius 1 is 1.33 bits per heavy atom. The lowest BCUT2D eigenvalue weighted by Crippen LogP contribution is -2.40. The summed E-state index contributed by atoms with van der Waals surface area (Å²) in [7, 11) is 0. The van der Waals surface area contributed by atoms with Crippen molar-refractivity contribution in [1.82, 2.24) is 4.90 Å². The molecule has 5 heteroatoms. The lowest BCUT2D eigenvalue weighted by Gasteiger charge is -2.31. The number of hydrogen-bond acceptors (Lipinski definition) is 3. The first-order chi connectivity index (χ1) is 9.78. The predicted molar refractivity (Wildman–Crippen MR) is 78.4 cm³/mol. The van der Waals surface area contributed by atoms with Crippen molar-refractivity contribution in [3.63, 3.8) is 0 Å². The third-order valence-electron chi connectivity index (χ3n) is 2.77. The van der Waals surface area contributed by atoms with E-state index in [0.717, 1.165) is 0 Å². The molecule has 0 aliphatic heterocycles. The molecule has 0 aliphatic carbocycles. The van der Waals surface area contributed by atoms with Gasteiger partial charge < -0.3 is 9.53 Å². The van der Waals surface area contributed by atoms with Gasteiger partial charge in [0.2, 0.25) is 0 Å². The summed E-state index contributed by atoms with van der Waals surface area (Å²) < 4.78 is 18.3. The van der Waals surface area contributed by atoms with Gasteiger partial charge in [-0.25, -0.2) is 9.18 Å². The summed E-state index contributed by atoms with van der Waals surface area (Å²) in [5.41, 5.74) is -0.0787. The van der Waals surface area contributed by atoms with E-state index >= 15 is 0 Å². The second-order valence-corrected chi connectivity index (χ2v) is 5.81. The highest BCUT2D eigenvalue weighted by molar-refractivity contribution is 5.75. The van der Waals surface area contributed by atoms with Crippen LogP contribution in [0.4, 0.5) is 9.18 Å². The monoisotopic (exact) mass is 295 g/mol. The van der Waals surface area contributed by atoms with Crippen LogP contribution in [0.5, 0.6) is 0 Å². The number of carbonyl (C=O) groups excluding carboxylic acids is 2. The summed E-state index contributed by atoms with van der Waals surface area (Å²) in [6.45, 7) is 7.59. The average Bonchev–Trinajstić information content (AvgIpc) is 2.38. The molecule has 4 nitrogen and oxygen atoms in total. The first-order valence-corrected chi connectivity index (χ1v) is 6.99. The molecule has 0 saturated carbocycles. The second kappa shape index (κ2) is 7.20. The largest absolute Gasteiger partial charge is 0.444 e. The minimum atomic E-state index is -0.777. The van der Waals surface area contributed by atoms with E-state index in [0.29, 0.717) is 24.8 Å². The highest BCUT2D eigenvalue weighted by Gasteiger charge is 2.28.